The predicted octanol–water partition coefficient (Wildman–Crippen LogP) is 2.15. The number of hydrogen-bond donors (Lipinski definition) is 0. The summed E-state index contributed by atoms with van der Waals surface area (Å²) in [5, 5.41) is 0. The van der Waals surface area contributed by atoms with Crippen LogP contribution in [0.4, 0.5) is 0 Å². The van der Waals surface area contributed by atoms with E-state index in [1.165, 1.54) is 10.5 Å². The first kappa shape index (κ1) is 13.2. The van der Waals surface area contributed by atoms with Crippen LogP contribution in [-0.2, 0) is 39.8 Å². The van der Waals surface area contributed by atoms with E-state index < -0.39 is 0 Å². The number of thioether (sulfide) groups is 1. The average molecular weight is 291 g/mol. The summed E-state index contributed by atoms with van der Waals surface area (Å²) >= 11 is 1.77. The molecule has 0 amide bonds. The van der Waals surface area contributed by atoms with Crippen molar-refractivity contribution < 1.29 is 37.3 Å². The molecule has 0 fully saturated rings. The van der Waals surface area contributed by atoms with Crippen molar-refractivity contribution in [2.45, 2.75) is 6.42 Å². The van der Waals surface area contributed by atoms with Crippen molar-refractivity contribution in [1.82, 2.24) is 0 Å². The molecule has 1 aliphatic rings. The van der Waals surface area contributed by atoms with Gasteiger partial charge in [0, 0.05) is 32.7 Å². The van der Waals surface area contributed by atoms with Crippen LogP contribution in [0.3, 0.4) is 0 Å². The van der Waals surface area contributed by atoms with Crippen LogP contribution in [0, 0.1) is 12.1 Å². The topological polar surface area (TPSA) is 3.88 Å². The second-order valence-corrected chi connectivity index (χ2v) is 3.99. The predicted molar refractivity (Wildman–Crippen MR) is 59.3 cm³/mol. The number of pyridine rings is 1. The van der Waals surface area contributed by atoms with E-state index in [-0.39, 0.29) is 32.7 Å². The zero-order valence-corrected chi connectivity index (χ0v) is 12.6. The first-order valence-electron chi connectivity index (χ1n) is 4.55. The summed E-state index contributed by atoms with van der Waals surface area (Å²) in [6, 6.07) is 7.18. The second kappa shape index (κ2) is 5.98. The standard InChI is InChI=1S/C12H12NS.Y/c1-13-9-4-3-7-11(13)10-6-5-8-12(10)14-2;/h3-4,8-9H,5H2,1-2H3;/q-1;. The summed E-state index contributed by atoms with van der Waals surface area (Å²) in [5.74, 6) is 0. The summed E-state index contributed by atoms with van der Waals surface area (Å²) in [5.41, 5.74) is 2.31. The Hall–Kier alpha value is 0.0839. The Balaban J connectivity index is 0.00000112. The van der Waals surface area contributed by atoms with Gasteiger partial charge in [-0.2, -0.15) is 12.1 Å². The first-order chi connectivity index (χ1) is 6.83. The van der Waals surface area contributed by atoms with E-state index in [4.69, 9.17) is 0 Å². The minimum atomic E-state index is 0. The molecule has 1 aromatic heterocycles. The summed E-state index contributed by atoms with van der Waals surface area (Å²) in [6.45, 7) is 0. The second-order valence-electron chi connectivity index (χ2n) is 3.14. The summed E-state index contributed by atoms with van der Waals surface area (Å²) < 4.78 is 2.08. The van der Waals surface area contributed by atoms with Crippen molar-refractivity contribution in [1.29, 1.82) is 0 Å². The van der Waals surface area contributed by atoms with Crippen LogP contribution in [0.1, 0.15) is 12.1 Å². The molecule has 0 saturated carbocycles. The number of nitrogens with zero attached hydrogens (tertiary/aromatic N) is 1. The van der Waals surface area contributed by atoms with Crippen LogP contribution in [0.5, 0.6) is 0 Å². The van der Waals surface area contributed by atoms with Gasteiger partial charge in [0.15, 0.2) is 0 Å². The molecule has 0 aliphatic heterocycles. The van der Waals surface area contributed by atoms with E-state index in [9.17, 15) is 0 Å². The monoisotopic (exact) mass is 291 g/mol. The summed E-state index contributed by atoms with van der Waals surface area (Å²) in [4.78, 5) is 1.31. The molecule has 0 spiro atoms. The van der Waals surface area contributed by atoms with E-state index in [0.29, 0.717) is 0 Å². The van der Waals surface area contributed by atoms with Crippen LogP contribution in [0.25, 0.3) is 5.57 Å². The van der Waals surface area contributed by atoms with Gasteiger partial charge in [-0.3, -0.25) is 10.6 Å². The van der Waals surface area contributed by atoms with Crippen molar-refractivity contribution in [3.8, 4) is 0 Å². The number of hydrogen-bond acceptors (Lipinski definition) is 1. The third-order valence-corrected chi connectivity index (χ3v) is 3.06. The fourth-order valence-corrected chi connectivity index (χ4v) is 2.17. The smallest absolute Gasteiger partial charge is 0.124 e. The van der Waals surface area contributed by atoms with E-state index in [1.807, 2.05) is 25.4 Å². The van der Waals surface area contributed by atoms with Crippen molar-refractivity contribution >= 4 is 17.3 Å². The third-order valence-electron chi connectivity index (χ3n) is 2.25. The molecule has 0 atom stereocenters. The first-order valence-corrected chi connectivity index (χ1v) is 5.77. The maximum atomic E-state index is 3.37. The molecule has 0 aromatic carbocycles. The van der Waals surface area contributed by atoms with Gasteiger partial charge in [0.25, 0.3) is 0 Å². The molecule has 2 rings (SSSR count). The van der Waals surface area contributed by atoms with Crippen molar-refractivity contribution in [2.75, 3.05) is 6.26 Å². The summed E-state index contributed by atoms with van der Waals surface area (Å²) in [7, 11) is 2.04. The van der Waals surface area contributed by atoms with Crippen LogP contribution in [0.2, 0.25) is 0 Å². The minimum Gasteiger partial charge on any atom is -0.288 e. The SMILES string of the molecule is CSC1=CC[C-]=C1c1[c-]ccc[n+]1C.[Y]. The number of allylic oxidation sites excluding steroid dienone is 3. The maximum Gasteiger partial charge on any atom is 0.124 e. The van der Waals surface area contributed by atoms with Crippen LogP contribution in [-0.4, -0.2) is 6.26 Å². The van der Waals surface area contributed by atoms with Gasteiger partial charge in [-0.15, -0.1) is 11.0 Å². The normalized spacial score (nSPS) is 14.3. The molecule has 0 saturated heterocycles. The van der Waals surface area contributed by atoms with Gasteiger partial charge in [-0.1, -0.05) is 12.5 Å². The number of aromatic nitrogens is 1. The van der Waals surface area contributed by atoms with E-state index >= 15 is 0 Å². The van der Waals surface area contributed by atoms with Crippen LogP contribution in [0.15, 0.2) is 29.3 Å². The number of aryl methyl sites for hydroxylation is 1. The molecule has 0 N–H and O–H groups in total. The summed E-state index contributed by atoms with van der Waals surface area (Å²) in [6.07, 6.45) is 10.6. The molecule has 3 heteroatoms. The molecule has 75 valence electrons. The largest absolute Gasteiger partial charge is 0.288 e. The van der Waals surface area contributed by atoms with E-state index in [0.717, 1.165) is 12.1 Å². The van der Waals surface area contributed by atoms with Crippen molar-refractivity contribution in [3.05, 3.63) is 47.1 Å². The molecule has 1 aromatic rings. The van der Waals surface area contributed by atoms with Crippen molar-refractivity contribution in [2.24, 2.45) is 7.05 Å². The van der Waals surface area contributed by atoms with Gasteiger partial charge in [0.1, 0.15) is 13.2 Å². The molecule has 15 heavy (non-hydrogen) atoms. The van der Waals surface area contributed by atoms with Gasteiger partial charge >= 0.3 is 0 Å². The average Bonchev–Trinajstić information content (AvgIpc) is 2.66. The van der Waals surface area contributed by atoms with Crippen LogP contribution < -0.4 is 4.57 Å². The Morgan fingerprint density at radius 3 is 2.93 bits per heavy atom. The van der Waals surface area contributed by atoms with Gasteiger partial charge in [-0.05, 0) is 11.9 Å². The molecule has 1 nitrogen and oxygen atoms in total. The molecule has 1 radical (unpaired) electrons. The van der Waals surface area contributed by atoms with Gasteiger partial charge in [0.2, 0.25) is 0 Å². The molecule has 0 bridgehead atoms. The molecule has 1 aliphatic carbocycles. The Labute approximate surface area is 121 Å². The molecular weight excluding hydrogens is 279 g/mol. The van der Waals surface area contributed by atoms with Crippen LogP contribution >= 0.6 is 11.8 Å². The van der Waals surface area contributed by atoms with Gasteiger partial charge in [0.05, 0.1) is 0 Å². The zero-order valence-electron chi connectivity index (χ0n) is 8.95. The molecular formula is C12H12NSY-. The van der Waals surface area contributed by atoms with Gasteiger partial charge < -0.3 is 0 Å². The Kier molecular flexibility index (Phi) is 5.24. The Morgan fingerprint density at radius 2 is 2.27 bits per heavy atom. The van der Waals surface area contributed by atoms with Gasteiger partial charge in [-0.25, -0.2) is 17.3 Å². The van der Waals surface area contributed by atoms with E-state index in [1.54, 1.807) is 11.8 Å². The fraction of sp³-hybridized carbons (Fsp3) is 0.250. The number of rotatable bonds is 2. The molecule has 0 unspecified atom stereocenters. The quantitative estimate of drug-likeness (QED) is 0.596. The third kappa shape index (κ3) is 2.80. The zero-order chi connectivity index (χ0) is 9.97. The van der Waals surface area contributed by atoms with Crippen molar-refractivity contribution in [3.63, 3.8) is 0 Å². The Morgan fingerprint density at radius 1 is 1.47 bits per heavy atom. The molecule has 1 heterocycles. The fourth-order valence-electron chi connectivity index (χ4n) is 1.54. The minimum absolute atomic E-state index is 0. The maximum absolute atomic E-state index is 3.37. The van der Waals surface area contributed by atoms with E-state index in [2.05, 4.69) is 29.0 Å². The Bertz CT molecular complexity index is 410.